The van der Waals surface area contributed by atoms with E-state index in [4.69, 9.17) is 10.5 Å². The molecule has 0 saturated heterocycles. The fraction of sp³-hybridized carbons (Fsp3) is 0.562. The molecule has 2 atom stereocenters. The second kappa shape index (κ2) is 4.47. The zero-order valence-corrected chi connectivity index (χ0v) is 14.5. The lowest BCUT2D eigenvalue weighted by molar-refractivity contribution is 0.129. The molecule has 0 spiro atoms. The van der Waals surface area contributed by atoms with Gasteiger partial charge in [-0.3, -0.25) is 4.99 Å². The quantitative estimate of drug-likeness (QED) is 0.736. The van der Waals surface area contributed by atoms with Crippen molar-refractivity contribution in [1.82, 2.24) is 0 Å². The molecule has 126 valence electrons. The van der Waals surface area contributed by atoms with Crippen LogP contribution in [0, 0.1) is 0 Å². The number of anilines is 1. The highest BCUT2D eigenvalue weighted by Crippen LogP contribution is 2.56. The van der Waals surface area contributed by atoms with Crippen LogP contribution in [0.5, 0.6) is 5.75 Å². The summed E-state index contributed by atoms with van der Waals surface area (Å²) in [6.07, 6.45) is -0.277. The Hall–Kier alpha value is -1.63. The van der Waals surface area contributed by atoms with Crippen LogP contribution in [0.25, 0.3) is 0 Å². The van der Waals surface area contributed by atoms with E-state index in [0.29, 0.717) is 22.7 Å². The molecular weight excluding hydrogens is 319 g/mol. The average molecular weight is 340 g/mol. The van der Waals surface area contributed by atoms with E-state index >= 15 is 4.39 Å². The van der Waals surface area contributed by atoms with Crippen LogP contribution in [0.4, 0.5) is 10.1 Å². The number of rotatable bonds is 0. The Balaban J connectivity index is 2.43. The molecule has 7 heteroatoms. The number of sulfone groups is 1. The minimum Gasteiger partial charge on any atom is -0.493 e. The third kappa shape index (κ3) is 1.77. The molecule has 0 aromatic heterocycles. The Morgan fingerprint density at radius 1 is 1.30 bits per heavy atom. The lowest BCUT2D eigenvalue weighted by Gasteiger charge is -2.47. The van der Waals surface area contributed by atoms with E-state index in [1.165, 1.54) is 20.8 Å². The number of aliphatic imine (C=N–C) groups is 1. The maximum absolute atomic E-state index is 16.1. The Kier molecular flexibility index (Phi) is 3.15. The first-order chi connectivity index (χ1) is 10.5. The second-order valence-electron chi connectivity index (χ2n) is 6.87. The van der Waals surface area contributed by atoms with Gasteiger partial charge in [-0.2, -0.15) is 0 Å². The van der Waals surface area contributed by atoms with Crippen molar-refractivity contribution >= 4 is 21.2 Å². The Labute approximate surface area is 135 Å². The summed E-state index contributed by atoms with van der Waals surface area (Å²) in [5, 5.41) is -2.55. The molecule has 0 saturated carbocycles. The smallest absolute Gasteiger partial charge is 0.243 e. The van der Waals surface area contributed by atoms with Gasteiger partial charge in [-0.25, -0.2) is 12.8 Å². The molecule has 0 amide bonds. The number of nitrogen functional groups attached to an aromatic ring is 1. The van der Waals surface area contributed by atoms with E-state index in [1.807, 2.05) is 0 Å². The topological polar surface area (TPSA) is 81.8 Å². The van der Waals surface area contributed by atoms with Gasteiger partial charge in [-0.1, -0.05) is 0 Å². The summed E-state index contributed by atoms with van der Waals surface area (Å²) in [6, 6.07) is 4.84. The van der Waals surface area contributed by atoms with Crippen LogP contribution < -0.4 is 10.5 Å². The summed E-state index contributed by atoms with van der Waals surface area (Å²) < 4.78 is 46.5. The molecule has 3 rings (SSSR count). The molecule has 2 aliphatic heterocycles. The molecule has 1 aromatic carbocycles. The van der Waals surface area contributed by atoms with Crippen molar-refractivity contribution < 1.29 is 17.5 Å². The van der Waals surface area contributed by atoms with Crippen molar-refractivity contribution in [3.05, 3.63) is 23.8 Å². The summed E-state index contributed by atoms with van der Waals surface area (Å²) >= 11 is 0. The number of alkyl halides is 1. The SMILES string of the molecule is CC1=N[C@]2(C)c3cc(N)ccc3OCC[C@]2(F)S(=O)(=O)C1(C)C. The average Bonchev–Trinajstić information content (AvgIpc) is 2.56. The van der Waals surface area contributed by atoms with E-state index in [2.05, 4.69) is 4.99 Å². The van der Waals surface area contributed by atoms with Crippen LogP contribution in [-0.2, 0) is 15.4 Å². The fourth-order valence-electron chi connectivity index (χ4n) is 3.40. The van der Waals surface area contributed by atoms with Gasteiger partial charge < -0.3 is 10.5 Å². The van der Waals surface area contributed by atoms with Gasteiger partial charge in [0, 0.05) is 23.4 Å². The molecule has 0 unspecified atom stereocenters. The third-order valence-corrected chi connectivity index (χ3v) is 8.39. The molecule has 0 aliphatic carbocycles. The van der Waals surface area contributed by atoms with Crippen molar-refractivity contribution in [2.24, 2.45) is 4.99 Å². The van der Waals surface area contributed by atoms with Crippen LogP contribution in [0.1, 0.15) is 39.7 Å². The molecule has 0 fully saturated rings. The highest BCUT2D eigenvalue weighted by molar-refractivity contribution is 7.94. The van der Waals surface area contributed by atoms with Gasteiger partial charge in [-0.15, -0.1) is 0 Å². The van der Waals surface area contributed by atoms with Crippen LogP contribution in [0.15, 0.2) is 23.2 Å². The maximum Gasteiger partial charge on any atom is 0.243 e. The van der Waals surface area contributed by atoms with Crippen LogP contribution in [0.3, 0.4) is 0 Å². The van der Waals surface area contributed by atoms with Crippen molar-refractivity contribution in [1.29, 1.82) is 0 Å². The molecule has 1 aromatic rings. The van der Waals surface area contributed by atoms with Gasteiger partial charge in [0.2, 0.25) is 5.00 Å². The van der Waals surface area contributed by atoms with Crippen LogP contribution >= 0.6 is 0 Å². The number of nitrogens with zero attached hydrogens (tertiary/aromatic N) is 1. The van der Waals surface area contributed by atoms with Gasteiger partial charge in [0.05, 0.1) is 6.61 Å². The Morgan fingerprint density at radius 3 is 2.61 bits per heavy atom. The van der Waals surface area contributed by atoms with E-state index in [1.54, 1.807) is 25.1 Å². The number of halogens is 1. The Bertz CT molecular complexity index is 819. The predicted octanol–water partition coefficient (Wildman–Crippen LogP) is 2.60. The summed E-state index contributed by atoms with van der Waals surface area (Å²) in [6.45, 7) is 6.09. The molecule has 2 aliphatic rings. The van der Waals surface area contributed by atoms with E-state index in [9.17, 15) is 8.42 Å². The van der Waals surface area contributed by atoms with Gasteiger partial charge in [-0.05, 0) is 45.9 Å². The molecule has 2 N–H and O–H groups in total. The van der Waals surface area contributed by atoms with Crippen LogP contribution in [-0.4, -0.2) is 30.5 Å². The minimum atomic E-state index is -4.17. The largest absolute Gasteiger partial charge is 0.493 e. The molecule has 0 bridgehead atoms. The van der Waals surface area contributed by atoms with E-state index in [0.717, 1.165) is 0 Å². The summed E-state index contributed by atoms with van der Waals surface area (Å²) in [7, 11) is -4.17. The highest BCUT2D eigenvalue weighted by atomic mass is 32.2. The van der Waals surface area contributed by atoms with E-state index < -0.39 is 25.1 Å². The summed E-state index contributed by atoms with van der Waals surface area (Å²) in [5.41, 5.74) is 5.41. The van der Waals surface area contributed by atoms with Crippen molar-refractivity contribution in [3.63, 3.8) is 0 Å². The van der Waals surface area contributed by atoms with Crippen molar-refractivity contribution in [2.45, 2.75) is 49.4 Å². The third-order valence-electron chi connectivity index (χ3n) is 5.30. The Morgan fingerprint density at radius 2 is 1.96 bits per heavy atom. The van der Waals surface area contributed by atoms with Crippen molar-refractivity contribution in [3.8, 4) is 5.75 Å². The predicted molar refractivity (Wildman–Crippen MR) is 88.3 cm³/mol. The van der Waals surface area contributed by atoms with Gasteiger partial charge in [0.15, 0.2) is 9.84 Å². The zero-order valence-electron chi connectivity index (χ0n) is 13.7. The standard InChI is InChI=1S/C16H21FN2O3S/c1-10-14(2,3)23(20,21)16(17)7-8-22-13-6-5-11(18)9-12(13)15(16,4)19-10/h5-6,9H,7-8,18H2,1-4H3/t15-,16+/m1/s1. The molecule has 0 radical (unpaired) electrons. The lowest BCUT2D eigenvalue weighted by atomic mass is 9.84. The molecule has 2 heterocycles. The number of hydrogen-bond donors (Lipinski definition) is 1. The number of nitrogens with two attached hydrogens (primary N) is 1. The molecular formula is C16H21FN2O3S. The first-order valence-corrected chi connectivity index (χ1v) is 8.98. The highest BCUT2D eigenvalue weighted by Gasteiger charge is 2.68. The van der Waals surface area contributed by atoms with Crippen LogP contribution in [0.2, 0.25) is 0 Å². The van der Waals surface area contributed by atoms with E-state index in [-0.39, 0.29) is 13.0 Å². The first kappa shape index (κ1) is 16.2. The van der Waals surface area contributed by atoms with Crippen molar-refractivity contribution in [2.75, 3.05) is 12.3 Å². The number of hydrogen-bond acceptors (Lipinski definition) is 5. The summed E-state index contributed by atoms with van der Waals surface area (Å²) in [5.74, 6) is 0.424. The maximum atomic E-state index is 16.1. The zero-order chi connectivity index (χ0) is 17.3. The monoisotopic (exact) mass is 340 g/mol. The van der Waals surface area contributed by atoms with Gasteiger partial charge in [0.25, 0.3) is 0 Å². The molecule has 23 heavy (non-hydrogen) atoms. The van der Waals surface area contributed by atoms with Gasteiger partial charge >= 0.3 is 0 Å². The number of fused-ring (bicyclic) bond motifs is 3. The minimum absolute atomic E-state index is 0.0348. The number of benzene rings is 1. The lowest BCUT2D eigenvalue weighted by Crippen LogP contribution is -2.63. The van der Waals surface area contributed by atoms with Gasteiger partial charge in [0.1, 0.15) is 16.0 Å². The fourth-order valence-corrected chi connectivity index (χ4v) is 5.67. The normalized spacial score (nSPS) is 34.4. The molecule has 5 nitrogen and oxygen atoms in total. The number of ether oxygens (including phenoxy) is 1. The first-order valence-electron chi connectivity index (χ1n) is 7.50. The summed E-state index contributed by atoms with van der Waals surface area (Å²) in [4.78, 5) is 4.53. The second-order valence-corrected chi connectivity index (χ2v) is 9.54.